The molecule has 5 heteroatoms. The lowest BCUT2D eigenvalue weighted by molar-refractivity contribution is 0.527. The Morgan fingerprint density at radius 1 is 1.22 bits per heavy atom. The first-order valence-corrected chi connectivity index (χ1v) is 5.86. The van der Waals surface area contributed by atoms with Crippen LogP contribution in [-0.2, 0) is 0 Å². The number of hydrazone groups is 1. The SMILES string of the molecule is Cc1ccc(/C=N\NC(=S)Nc2ccccc2)o1. The number of para-hydroxylation sites is 1. The topological polar surface area (TPSA) is 49.6 Å². The molecule has 1 aromatic heterocycles. The molecule has 18 heavy (non-hydrogen) atoms. The molecule has 0 aliphatic carbocycles. The van der Waals surface area contributed by atoms with Crippen LogP contribution in [0.5, 0.6) is 0 Å². The summed E-state index contributed by atoms with van der Waals surface area (Å²) in [7, 11) is 0. The van der Waals surface area contributed by atoms with Crippen molar-refractivity contribution in [1.29, 1.82) is 0 Å². The lowest BCUT2D eigenvalue weighted by Crippen LogP contribution is -2.23. The summed E-state index contributed by atoms with van der Waals surface area (Å²) in [6, 6.07) is 13.4. The molecule has 0 spiro atoms. The fourth-order valence-electron chi connectivity index (χ4n) is 1.36. The van der Waals surface area contributed by atoms with Crippen LogP contribution in [0.15, 0.2) is 52.0 Å². The van der Waals surface area contributed by atoms with Gasteiger partial charge in [0.2, 0.25) is 0 Å². The van der Waals surface area contributed by atoms with E-state index in [1.54, 1.807) is 6.21 Å². The second-order valence-electron chi connectivity index (χ2n) is 3.64. The normalized spacial score (nSPS) is 10.5. The maximum absolute atomic E-state index is 5.33. The Morgan fingerprint density at radius 3 is 2.67 bits per heavy atom. The zero-order chi connectivity index (χ0) is 12.8. The van der Waals surface area contributed by atoms with Crippen LogP contribution in [0.4, 0.5) is 5.69 Å². The molecule has 0 amide bonds. The van der Waals surface area contributed by atoms with Crippen LogP contribution in [0.1, 0.15) is 11.5 Å². The summed E-state index contributed by atoms with van der Waals surface area (Å²) in [6.07, 6.45) is 1.58. The third-order valence-electron chi connectivity index (χ3n) is 2.15. The highest BCUT2D eigenvalue weighted by atomic mass is 32.1. The van der Waals surface area contributed by atoms with Gasteiger partial charge in [0.05, 0.1) is 6.21 Å². The first-order valence-electron chi connectivity index (χ1n) is 5.45. The first kappa shape index (κ1) is 12.3. The maximum atomic E-state index is 5.33. The van der Waals surface area contributed by atoms with Gasteiger partial charge in [-0.3, -0.25) is 5.43 Å². The molecule has 0 atom stereocenters. The second kappa shape index (κ2) is 5.97. The van der Waals surface area contributed by atoms with E-state index >= 15 is 0 Å². The van der Waals surface area contributed by atoms with E-state index < -0.39 is 0 Å². The molecule has 1 heterocycles. The Kier molecular flexibility index (Phi) is 4.09. The number of thiocarbonyl (C=S) groups is 1. The van der Waals surface area contributed by atoms with Gasteiger partial charge in [0.1, 0.15) is 11.5 Å². The van der Waals surface area contributed by atoms with Crippen LogP contribution >= 0.6 is 12.2 Å². The molecule has 2 N–H and O–H groups in total. The summed E-state index contributed by atoms with van der Waals surface area (Å²) in [5.74, 6) is 1.53. The number of benzene rings is 1. The van der Waals surface area contributed by atoms with Crippen molar-refractivity contribution in [1.82, 2.24) is 5.43 Å². The lowest BCUT2D eigenvalue weighted by Gasteiger charge is -2.05. The number of aryl methyl sites for hydroxylation is 1. The summed E-state index contributed by atoms with van der Waals surface area (Å²) in [5, 5.41) is 7.42. The van der Waals surface area contributed by atoms with Gasteiger partial charge in [0.15, 0.2) is 5.11 Å². The highest BCUT2D eigenvalue weighted by Crippen LogP contribution is 2.04. The zero-order valence-corrected chi connectivity index (χ0v) is 10.7. The van der Waals surface area contributed by atoms with Crippen molar-refractivity contribution in [3.63, 3.8) is 0 Å². The van der Waals surface area contributed by atoms with Gasteiger partial charge in [-0.2, -0.15) is 5.10 Å². The molecule has 0 aliphatic rings. The van der Waals surface area contributed by atoms with Gasteiger partial charge in [-0.1, -0.05) is 18.2 Å². The van der Waals surface area contributed by atoms with E-state index in [1.807, 2.05) is 49.4 Å². The van der Waals surface area contributed by atoms with Crippen LogP contribution in [0.25, 0.3) is 0 Å². The molecule has 0 radical (unpaired) electrons. The fraction of sp³-hybridized carbons (Fsp3) is 0.0769. The van der Waals surface area contributed by atoms with E-state index in [0.717, 1.165) is 11.4 Å². The number of hydrogen-bond donors (Lipinski definition) is 2. The van der Waals surface area contributed by atoms with Gasteiger partial charge >= 0.3 is 0 Å². The Balaban J connectivity index is 1.83. The third kappa shape index (κ3) is 3.71. The summed E-state index contributed by atoms with van der Waals surface area (Å²) < 4.78 is 5.33. The van der Waals surface area contributed by atoms with Crippen molar-refractivity contribution >= 4 is 29.2 Å². The minimum atomic E-state index is 0.431. The van der Waals surface area contributed by atoms with Crippen LogP contribution in [0.2, 0.25) is 0 Å². The Morgan fingerprint density at radius 2 is 2.00 bits per heavy atom. The molecule has 2 aromatic rings. The highest BCUT2D eigenvalue weighted by Gasteiger charge is 1.95. The van der Waals surface area contributed by atoms with Gasteiger partial charge in [-0.25, -0.2) is 0 Å². The Labute approximate surface area is 111 Å². The molecule has 0 bridgehead atoms. The highest BCUT2D eigenvalue weighted by molar-refractivity contribution is 7.80. The Bertz CT molecular complexity index is 548. The van der Waals surface area contributed by atoms with Crippen molar-refractivity contribution in [3.05, 3.63) is 54.0 Å². The third-order valence-corrected chi connectivity index (χ3v) is 2.34. The summed E-state index contributed by atoms with van der Waals surface area (Å²) >= 11 is 5.09. The molecular weight excluding hydrogens is 246 g/mol. The predicted octanol–water partition coefficient (Wildman–Crippen LogP) is 2.91. The molecule has 92 valence electrons. The van der Waals surface area contributed by atoms with Crippen LogP contribution in [0.3, 0.4) is 0 Å². The van der Waals surface area contributed by atoms with Crippen LogP contribution in [0, 0.1) is 6.92 Å². The average Bonchev–Trinajstić information content (AvgIpc) is 2.76. The molecule has 0 saturated heterocycles. The van der Waals surface area contributed by atoms with Gasteiger partial charge < -0.3 is 9.73 Å². The van der Waals surface area contributed by atoms with Crippen molar-refractivity contribution in [3.8, 4) is 0 Å². The standard InChI is InChI=1S/C13H13N3OS/c1-10-7-8-12(17-10)9-14-16-13(18)15-11-5-3-2-4-6-11/h2-9H,1H3,(H2,15,16,18)/b14-9-. The summed E-state index contributed by atoms with van der Waals surface area (Å²) in [6.45, 7) is 1.88. The smallest absolute Gasteiger partial charge is 0.191 e. The quantitative estimate of drug-likeness (QED) is 0.505. The van der Waals surface area contributed by atoms with E-state index in [2.05, 4.69) is 15.8 Å². The maximum Gasteiger partial charge on any atom is 0.191 e. The van der Waals surface area contributed by atoms with Crippen molar-refractivity contribution in [2.75, 3.05) is 5.32 Å². The molecular formula is C13H13N3OS. The molecule has 0 saturated carbocycles. The number of furan rings is 1. The van der Waals surface area contributed by atoms with Crippen LogP contribution in [-0.4, -0.2) is 11.3 Å². The number of anilines is 1. The van der Waals surface area contributed by atoms with Crippen LogP contribution < -0.4 is 10.7 Å². The average molecular weight is 259 g/mol. The molecule has 0 aliphatic heterocycles. The summed E-state index contributed by atoms with van der Waals surface area (Å²) in [4.78, 5) is 0. The van der Waals surface area contributed by atoms with E-state index in [-0.39, 0.29) is 0 Å². The number of nitrogens with one attached hydrogen (secondary N) is 2. The summed E-state index contributed by atoms with van der Waals surface area (Å²) in [5.41, 5.74) is 3.63. The Hall–Kier alpha value is -2.14. The van der Waals surface area contributed by atoms with Gasteiger partial charge in [-0.05, 0) is 43.4 Å². The predicted molar refractivity (Wildman–Crippen MR) is 76.8 cm³/mol. The number of nitrogens with zero attached hydrogens (tertiary/aromatic N) is 1. The monoisotopic (exact) mass is 259 g/mol. The number of rotatable bonds is 3. The minimum absolute atomic E-state index is 0.431. The first-order chi connectivity index (χ1) is 8.74. The fourth-order valence-corrected chi connectivity index (χ4v) is 1.53. The van der Waals surface area contributed by atoms with E-state index in [1.165, 1.54) is 0 Å². The molecule has 0 fully saturated rings. The van der Waals surface area contributed by atoms with E-state index in [9.17, 15) is 0 Å². The van der Waals surface area contributed by atoms with Crippen molar-refractivity contribution in [2.24, 2.45) is 5.10 Å². The second-order valence-corrected chi connectivity index (χ2v) is 4.05. The molecule has 0 unspecified atom stereocenters. The minimum Gasteiger partial charge on any atom is -0.460 e. The molecule has 4 nitrogen and oxygen atoms in total. The van der Waals surface area contributed by atoms with Crippen molar-refractivity contribution in [2.45, 2.75) is 6.92 Å². The van der Waals surface area contributed by atoms with Gasteiger partial charge in [-0.15, -0.1) is 0 Å². The largest absolute Gasteiger partial charge is 0.460 e. The molecule has 2 rings (SSSR count). The van der Waals surface area contributed by atoms with E-state index in [4.69, 9.17) is 16.6 Å². The number of hydrogen-bond acceptors (Lipinski definition) is 3. The van der Waals surface area contributed by atoms with E-state index in [0.29, 0.717) is 10.9 Å². The van der Waals surface area contributed by atoms with Gasteiger partial charge in [0, 0.05) is 5.69 Å². The molecule has 1 aromatic carbocycles. The zero-order valence-electron chi connectivity index (χ0n) is 9.88. The van der Waals surface area contributed by atoms with Gasteiger partial charge in [0.25, 0.3) is 0 Å². The lowest BCUT2D eigenvalue weighted by atomic mass is 10.3. The van der Waals surface area contributed by atoms with Crippen molar-refractivity contribution < 1.29 is 4.42 Å².